The zero-order valence-corrected chi connectivity index (χ0v) is 10.2. The SMILES string of the molecule is O=C(NC(CO)CO)c1cncn1-c1ccccc1. The maximum Gasteiger partial charge on any atom is 0.270 e. The minimum Gasteiger partial charge on any atom is -0.394 e. The molecule has 0 spiro atoms. The summed E-state index contributed by atoms with van der Waals surface area (Å²) in [4.78, 5) is 16.0. The lowest BCUT2D eigenvalue weighted by Gasteiger charge is -2.14. The molecule has 0 saturated carbocycles. The van der Waals surface area contributed by atoms with Crippen molar-refractivity contribution in [2.45, 2.75) is 6.04 Å². The van der Waals surface area contributed by atoms with Crippen molar-refractivity contribution in [1.29, 1.82) is 0 Å². The highest BCUT2D eigenvalue weighted by Gasteiger charge is 2.16. The number of para-hydroxylation sites is 1. The Labute approximate surface area is 110 Å². The number of hydrogen-bond donors (Lipinski definition) is 3. The Kier molecular flexibility index (Phi) is 4.27. The zero-order chi connectivity index (χ0) is 13.7. The Balaban J connectivity index is 2.23. The van der Waals surface area contributed by atoms with E-state index in [0.717, 1.165) is 5.69 Å². The third kappa shape index (κ3) is 2.98. The Bertz CT molecular complexity index is 535. The van der Waals surface area contributed by atoms with Gasteiger partial charge in [0.05, 0.1) is 31.8 Å². The summed E-state index contributed by atoms with van der Waals surface area (Å²) in [7, 11) is 0. The lowest BCUT2D eigenvalue weighted by molar-refractivity contribution is 0.0872. The van der Waals surface area contributed by atoms with Crippen LogP contribution in [0.4, 0.5) is 0 Å². The van der Waals surface area contributed by atoms with E-state index in [1.165, 1.54) is 12.5 Å². The van der Waals surface area contributed by atoms with Crippen LogP contribution in [0.25, 0.3) is 5.69 Å². The molecule has 0 radical (unpaired) electrons. The Morgan fingerprint density at radius 1 is 1.26 bits per heavy atom. The Hall–Kier alpha value is -2.18. The molecule has 0 saturated heterocycles. The van der Waals surface area contributed by atoms with Crippen LogP contribution in [-0.2, 0) is 0 Å². The number of aliphatic hydroxyl groups is 2. The molecule has 1 aromatic heterocycles. The maximum absolute atomic E-state index is 12.0. The van der Waals surface area contributed by atoms with Crippen molar-refractivity contribution in [2.75, 3.05) is 13.2 Å². The van der Waals surface area contributed by atoms with Gasteiger partial charge in [-0.2, -0.15) is 0 Å². The normalized spacial score (nSPS) is 10.7. The van der Waals surface area contributed by atoms with Crippen molar-refractivity contribution < 1.29 is 15.0 Å². The van der Waals surface area contributed by atoms with Gasteiger partial charge in [-0.1, -0.05) is 18.2 Å². The lowest BCUT2D eigenvalue weighted by Crippen LogP contribution is -2.40. The average molecular weight is 261 g/mol. The summed E-state index contributed by atoms with van der Waals surface area (Å²) in [6.45, 7) is -0.635. The minimum atomic E-state index is -0.674. The quantitative estimate of drug-likeness (QED) is 0.704. The van der Waals surface area contributed by atoms with Crippen LogP contribution < -0.4 is 5.32 Å². The molecule has 0 aliphatic carbocycles. The number of carbonyl (C=O) groups excluding carboxylic acids is 1. The first-order valence-electron chi connectivity index (χ1n) is 5.86. The highest BCUT2D eigenvalue weighted by atomic mass is 16.3. The number of amides is 1. The number of carbonyl (C=O) groups is 1. The number of nitrogens with zero attached hydrogens (tertiary/aromatic N) is 2. The lowest BCUT2D eigenvalue weighted by atomic mass is 10.3. The topological polar surface area (TPSA) is 87.4 Å². The van der Waals surface area contributed by atoms with Gasteiger partial charge in [-0.15, -0.1) is 0 Å². The van der Waals surface area contributed by atoms with Crippen LogP contribution >= 0.6 is 0 Å². The molecule has 0 atom stereocenters. The smallest absolute Gasteiger partial charge is 0.270 e. The molecule has 0 fully saturated rings. The fourth-order valence-electron chi connectivity index (χ4n) is 1.67. The third-order valence-electron chi connectivity index (χ3n) is 2.68. The first-order chi connectivity index (χ1) is 9.26. The summed E-state index contributed by atoms with van der Waals surface area (Å²) in [5.74, 6) is -0.394. The minimum absolute atomic E-state index is 0.318. The van der Waals surface area contributed by atoms with Crippen molar-refractivity contribution in [3.8, 4) is 5.69 Å². The molecular formula is C13H15N3O3. The van der Waals surface area contributed by atoms with Crippen LogP contribution in [0.15, 0.2) is 42.9 Å². The molecule has 0 aliphatic rings. The molecule has 0 unspecified atom stereocenters. The van der Waals surface area contributed by atoms with E-state index in [4.69, 9.17) is 10.2 Å². The fourth-order valence-corrected chi connectivity index (χ4v) is 1.67. The first-order valence-corrected chi connectivity index (χ1v) is 5.86. The van der Waals surface area contributed by atoms with Gasteiger partial charge >= 0.3 is 0 Å². The van der Waals surface area contributed by atoms with Gasteiger partial charge in [0.2, 0.25) is 0 Å². The number of rotatable bonds is 5. The van der Waals surface area contributed by atoms with Crippen LogP contribution in [0.5, 0.6) is 0 Å². The van der Waals surface area contributed by atoms with Gasteiger partial charge in [-0.25, -0.2) is 4.98 Å². The highest BCUT2D eigenvalue weighted by molar-refractivity contribution is 5.93. The number of aliphatic hydroxyl groups excluding tert-OH is 2. The number of imidazole rings is 1. The van der Waals surface area contributed by atoms with Crippen molar-refractivity contribution in [1.82, 2.24) is 14.9 Å². The number of nitrogens with one attached hydrogen (secondary N) is 1. The summed E-state index contributed by atoms with van der Waals surface area (Å²) >= 11 is 0. The first kappa shape index (κ1) is 13.3. The van der Waals surface area contributed by atoms with E-state index in [0.29, 0.717) is 5.69 Å². The summed E-state index contributed by atoms with van der Waals surface area (Å²) in [5, 5.41) is 20.5. The van der Waals surface area contributed by atoms with Gasteiger partial charge in [-0.05, 0) is 12.1 Å². The summed E-state index contributed by atoms with van der Waals surface area (Å²) < 4.78 is 1.64. The summed E-state index contributed by atoms with van der Waals surface area (Å²) in [5.41, 5.74) is 1.16. The molecule has 2 rings (SSSR count). The maximum atomic E-state index is 12.0. The molecule has 19 heavy (non-hydrogen) atoms. The second-order valence-corrected chi connectivity index (χ2v) is 4.02. The molecule has 0 bridgehead atoms. The molecular weight excluding hydrogens is 246 g/mol. The standard InChI is InChI=1S/C13H15N3O3/c17-7-10(8-18)15-13(19)12-6-14-9-16(12)11-4-2-1-3-5-11/h1-6,9-10,17-18H,7-8H2,(H,15,19). The number of hydrogen-bond acceptors (Lipinski definition) is 4. The molecule has 6 heteroatoms. The van der Waals surface area contributed by atoms with E-state index in [1.807, 2.05) is 30.3 Å². The van der Waals surface area contributed by atoms with Crippen LogP contribution in [-0.4, -0.2) is 44.9 Å². The van der Waals surface area contributed by atoms with Gasteiger partial charge < -0.3 is 15.5 Å². The molecule has 0 aliphatic heterocycles. The Morgan fingerprint density at radius 2 is 1.95 bits per heavy atom. The average Bonchev–Trinajstić information content (AvgIpc) is 2.95. The van der Waals surface area contributed by atoms with Crippen LogP contribution in [0.3, 0.4) is 0 Å². The van der Waals surface area contributed by atoms with Gasteiger partial charge in [0.1, 0.15) is 5.69 Å². The molecule has 3 N–H and O–H groups in total. The second-order valence-electron chi connectivity index (χ2n) is 4.02. The van der Waals surface area contributed by atoms with E-state index in [-0.39, 0.29) is 13.2 Å². The molecule has 1 amide bonds. The van der Waals surface area contributed by atoms with E-state index in [2.05, 4.69) is 10.3 Å². The third-order valence-corrected chi connectivity index (χ3v) is 2.68. The largest absolute Gasteiger partial charge is 0.394 e. The molecule has 2 aromatic rings. The molecule has 1 aromatic carbocycles. The van der Waals surface area contributed by atoms with E-state index >= 15 is 0 Å². The number of aromatic nitrogens is 2. The fraction of sp³-hybridized carbons (Fsp3) is 0.231. The van der Waals surface area contributed by atoms with Gasteiger partial charge in [0.25, 0.3) is 5.91 Å². The van der Waals surface area contributed by atoms with Crippen molar-refractivity contribution in [2.24, 2.45) is 0 Å². The van der Waals surface area contributed by atoms with Crippen LogP contribution in [0, 0.1) is 0 Å². The van der Waals surface area contributed by atoms with Crippen LogP contribution in [0.1, 0.15) is 10.5 Å². The summed E-state index contributed by atoms with van der Waals surface area (Å²) in [6, 6.07) is 8.64. The van der Waals surface area contributed by atoms with Gasteiger partial charge in [-0.3, -0.25) is 9.36 Å². The van der Waals surface area contributed by atoms with E-state index < -0.39 is 11.9 Å². The van der Waals surface area contributed by atoms with Crippen molar-refractivity contribution >= 4 is 5.91 Å². The van der Waals surface area contributed by atoms with Crippen molar-refractivity contribution in [3.63, 3.8) is 0 Å². The number of benzene rings is 1. The predicted molar refractivity (Wildman–Crippen MR) is 69.0 cm³/mol. The van der Waals surface area contributed by atoms with Gasteiger partial charge in [0, 0.05) is 5.69 Å². The summed E-state index contributed by atoms with van der Waals surface area (Å²) in [6.07, 6.45) is 2.98. The molecule has 6 nitrogen and oxygen atoms in total. The zero-order valence-electron chi connectivity index (χ0n) is 10.2. The van der Waals surface area contributed by atoms with E-state index in [1.54, 1.807) is 4.57 Å². The molecule has 100 valence electrons. The second kappa shape index (κ2) is 6.12. The highest BCUT2D eigenvalue weighted by Crippen LogP contribution is 2.10. The molecule has 1 heterocycles. The van der Waals surface area contributed by atoms with Crippen molar-refractivity contribution in [3.05, 3.63) is 48.5 Å². The predicted octanol–water partition coefficient (Wildman–Crippen LogP) is -0.0447. The van der Waals surface area contributed by atoms with E-state index in [9.17, 15) is 4.79 Å². The van der Waals surface area contributed by atoms with Gasteiger partial charge in [0.15, 0.2) is 0 Å². The van der Waals surface area contributed by atoms with Crippen LogP contribution in [0.2, 0.25) is 0 Å². The monoisotopic (exact) mass is 261 g/mol. The Morgan fingerprint density at radius 3 is 2.58 bits per heavy atom.